The first kappa shape index (κ1) is 22.4. The van der Waals surface area contributed by atoms with Crippen LogP contribution in [0.2, 0.25) is 0 Å². The van der Waals surface area contributed by atoms with E-state index in [1.54, 1.807) is 24.3 Å². The number of amides is 1. The first-order chi connectivity index (χ1) is 14.8. The summed E-state index contributed by atoms with van der Waals surface area (Å²) in [5, 5.41) is 3.01. The van der Waals surface area contributed by atoms with Gasteiger partial charge in [0, 0.05) is 0 Å². The molecule has 31 heavy (non-hydrogen) atoms. The van der Waals surface area contributed by atoms with Gasteiger partial charge in [-0.15, -0.1) is 0 Å². The van der Waals surface area contributed by atoms with Gasteiger partial charge in [0.15, 0.2) is 0 Å². The van der Waals surface area contributed by atoms with Gasteiger partial charge in [-0.3, -0.25) is 9.10 Å². The quantitative estimate of drug-likeness (QED) is 0.582. The van der Waals surface area contributed by atoms with Crippen LogP contribution >= 0.6 is 0 Å². The van der Waals surface area contributed by atoms with Crippen molar-refractivity contribution in [1.29, 1.82) is 0 Å². The molecule has 0 saturated heterocycles. The van der Waals surface area contributed by atoms with Gasteiger partial charge in [-0.1, -0.05) is 66.7 Å². The number of carbonyl (C=O) groups excluding carboxylic acids is 1. The minimum atomic E-state index is -3.73. The average Bonchev–Trinajstić information content (AvgIpc) is 2.76. The lowest BCUT2D eigenvalue weighted by molar-refractivity contribution is -0.120. The number of aryl methyl sites for hydroxylation is 1. The van der Waals surface area contributed by atoms with E-state index in [2.05, 4.69) is 5.32 Å². The molecule has 0 unspecified atom stereocenters. The summed E-state index contributed by atoms with van der Waals surface area (Å²) in [6, 6.07) is 23.7. The van der Waals surface area contributed by atoms with Crippen molar-refractivity contribution in [2.75, 3.05) is 24.2 Å². The molecule has 0 aliphatic carbocycles. The lowest BCUT2D eigenvalue weighted by Crippen LogP contribution is -2.42. The molecule has 3 rings (SSSR count). The molecule has 0 spiro atoms. The molecule has 7 heteroatoms. The molecule has 162 valence electrons. The molecule has 0 aliphatic rings. The van der Waals surface area contributed by atoms with Gasteiger partial charge in [0.05, 0.1) is 25.1 Å². The average molecular weight is 439 g/mol. The third kappa shape index (κ3) is 5.44. The Labute approximate surface area is 183 Å². The van der Waals surface area contributed by atoms with E-state index in [-0.39, 0.29) is 6.54 Å². The summed E-state index contributed by atoms with van der Waals surface area (Å²) >= 11 is 0. The van der Waals surface area contributed by atoms with E-state index in [4.69, 9.17) is 4.74 Å². The van der Waals surface area contributed by atoms with Crippen LogP contribution in [0.25, 0.3) is 0 Å². The van der Waals surface area contributed by atoms with Crippen LogP contribution in [-0.2, 0) is 14.8 Å². The van der Waals surface area contributed by atoms with Gasteiger partial charge in [0.2, 0.25) is 15.9 Å². The standard InChI is InChI=1S/C24H26N2O4S/c1-18-11-7-8-14-20(18)24(19-12-5-4-6-13-19)25-23(27)17-26(31(3,28)29)21-15-9-10-16-22(21)30-2/h4-16,24H,17H2,1-3H3,(H,25,27)/t24-/m1/s1. The summed E-state index contributed by atoms with van der Waals surface area (Å²) in [4.78, 5) is 13.1. The molecule has 0 radical (unpaired) electrons. The third-order valence-corrected chi connectivity index (χ3v) is 6.11. The normalized spacial score (nSPS) is 12.1. The van der Waals surface area contributed by atoms with Crippen LogP contribution in [0, 0.1) is 6.92 Å². The molecule has 1 N–H and O–H groups in total. The van der Waals surface area contributed by atoms with E-state index in [1.165, 1.54) is 7.11 Å². The van der Waals surface area contributed by atoms with E-state index < -0.39 is 22.0 Å². The highest BCUT2D eigenvalue weighted by Gasteiger charge is 2.26. The van der Waals surface area contributed by atoms with Crippen molar-refractivity contribution in [1.82, 2.24) is 5.32 Å². The number of sulfonamides is 1. The number of rotatable bonds is 8. The number of methoxy groups -OCH3 is 1. The van der Waals surface area contributed by atoms with Gasteiger partial charge < -0.3 is 10.1 Å². The third-order valence-electron chi connectivity index (χ3n) is 4.98. The van der Waals surface area contributed by atoms with Crippen LogP contribution in [0.1, 0.15) is 22.7 Å². The maximum absolute atomic E-state index is 13.1. The van der Waals surface area contributed by atoms with Gasteiger partial charge in [0.25, 0.3) is 0 Å². The zero-order chi connectivity index (χ0) is 22.4. The van der Waals surface area contributed by atoms with Crippen LogP contribution in [-0.4, -0.2) is 34.2 Å². The van der Waals surface area contributed by atoms with Gasteiger partial charge >= 0.3 is 0 Å². The van der Waals surface area contributed by atoms with Crippen molar-refractivity contribution in [3.63, 3.8) is 0 Å². The fourth-order valence-electron chi connectivity index (χ4n) is 3.45. The van der Waals surface area contributed by atoms with E-state index >= 15 is 0 Å². The smallest absolute Gasteiger partial charge is 0.241 e. The summed E-state index contributed by atoms with van der Waals surface area (Å²) in [6.07, 6.45) is 1.07. The van der Waals surface area contributed by atoms with Gasteiger partial charge in [-0.25, -0.2) is 8.42 Å². The monoisotopic (exact) mass is 438 g/mol. The lowest BCUT2D eigenvalue weighted by Gasteiger charge is -2.26. The van der Waals surface area contributed by atoms with Crippen molar-refractivity contribution >= 4 is 21.6 Å². The summed E-state index contributed by atoms with van der Waals surface area (Å²) in [6.45, 7) is 1.61. The maximum atomic E-state index is 13.1. The fraction of sp³-hybridized carbons (Fsp3) is 0.208. The number of ether oxygens (including phenoxy) is 1. The Morgan fingerprint density at radius 2 is 1.58 bits per heavy atom. The Morgan fingerprint density at radius 3 is 2.23 bits per heavy atom. The minimum Gasteiger partial charge on any atom is -0.495 e. The van der Waals surface area contributed by atoms with Crippen molar-refractivity contribution in [3.8, 4) is 5.75 Å². The number of hydrogen-bond donors (Lipinski definition) is 1. The number of hydrogen-bond acceptors (Lipinski definition) is 4. The molecule has 0 saturated carbocycles. The summed E-state index contributed by atoms with van der Waals surface area (Å²) in [5.41, 5.74) is 3.20. The first-order valence-electron chi connectivity index (χ1n) is 9.82. The molecule has 0 bridgehead atoms. The molecular formula is C24H26N2O4S. The van der Waals surface area contributed by atoms with Gasteiger partial charge in [-0.2, -0.15) is 0 Å². The molecule has 0 heterocycles. The first-order valence-corrected chi connectivity index (χ1v) is 11.7. The Kier molecular flexibility index (Phi) is 6.97. The number of nitrogens with zero attached hydrogens (tertiary/aromatic N) is 1. The second kappa shape index (κ2) is 9.66. The lowest BCUT2D eigenvalue weighted by atomic mass is 9.95. The molecule has 0 aliphatic heterocycles. The summed E-state index contributed by atoms with van der Waals surface area (Å²) in [7, 11) is -2.27. The fourth-order valence-corrected chi connectivity index (χ4v) is 4.31. The molecular weight excluding hydrogens is 412 g/mol. The summed E-state index contributed by atoms with van der Waals surface area (Å²) < 4.78 is 31.4. The van der Waals surface area contributed by atoms with E-state index in [0.717, 1.165) is 27.3 Å². The van der Waals surface area contributed by atoms with Crippen LogP contribution in [0.15, 0.2) is 78.9 Å². The highest BCUT2D eigenvalue weighted by molar-refractivity contribution is 7.92. The van der Waals surface area contributed by atoms with Gasteiger partial charge in [-0.05, 0) is 35.7 Å². The molecule has 0 aromatic heterocycles. The van der Waals surface area contributed by atoms with Crippen molar-refractivity contribution in [2.45, 2.75) is 13.0 Å². The number of carbonyl (C=O) groups is 1. The number of nitrogens with one attached hydrogen (secondary N) is 1. The second-order valence-corrected chi connectivity index (χ2v) is 9.12. The SMILES string of the molecule is COc1ccccc1N(CC(=O)N[C@H](c1ccccc1)c1ccccc1C)S(C)(=O)=O. The number of anilines is 1. The Bertz CT molecular complexity index is 1150. The zero-order valence-electron chi connectivity index (χ0n) is 17.8. The van der Waals surface area contributed by atoms with Crippen molar-refractivity contribution in [3.05, 3.63) is 95.6 Å². The Balaban J connectivity index is 1.93. The highest BCUT2D eigenvalue weighted by Crippen LogP contribution is 2.30. The van der Waals surface area contributed by atoms with Gasteiger partial charge in [0.1, 0.15) is 12.3 Å². The van der Waals surface area contributed by atoms with E-state index in [0.29, 0.717) is 11.4 Å². The largest absolute Gasteiger partial charge is 0.495 e. The van der Waals surface area contributed by atoms with Crippen LogP contribution in [0.5, 0.6) is 5.75 Å². The van der Waals surface area contributed by atoms with Crippen LogP contribution in [0.3, 0.4) is 0 Å². The number of para-hydroxylation sites is 2. The molecule has 1 atom stereocenters. The minimum absolute atomic E-state index is 0.315. The predicted molar refractivity (Wildman–Crippen MR) is 123 cm³/mol. The van der Waals surface area contributed by atoms with Crippen molar-refractivity contribution < 1.29 is 17.9 Å². The van der Waals surface area contributed by atoms with Crippen LogP contribution in [0.4, 0.5) is 5.69 Å². The zero-order valence-corrected chi connectivity index (χ0v) is 18.6. The number of benzene rings is 3. The van der Waals surface area contributed by atoms with Crippen LogP contribution < -0.4 is 14.4 Å². The molecule has 6 nitrogen and oxygen atoms in total. The molecule has 0 fully saturated rings. The summed E-state index contributed by atoms with van der Waals surface area (Å²) in [5.74, 6) is -0.0484. The highest BCUT2D eigenvalue weighted by atomic mass is 32.2. The molecule has 3 aromatic rings. The van der Waals surface area contributed by atoms with E-state index in [1.807, 2.05) is 61.5 Å². The van der Waals surface area contributed by atoms with Crippen molar-refractivity contribution in [2.24, 2.45) is 0 Å². The molecule has 3 aromatic carbocycles. The molecule has 1 amide bonds. The Morgan fingerprint density at radius 1 is 0.968 bits per heavy atom. The maximum Gasteiger partial charge on any atom is 0.241 e. The second-order valence-electron chi connectivity index (χ2n) is 7.21. The van der Waals surface area contributed by atoms with E-state index in [9.17, 15) is 13.2 Å². The Hall–Kier alpha value is -3.32. The predicted octanol–water partition coefficient (Wildman–Crippen LogP) is 3.68. The topological polar surface area (TPSA) is 75.7 Å².